The minimum absolute atomic E-state index is 0.0818. The number of fused-ring (bicyclic) bond motifs is 1. The zero-order valence-corrected chi connectivity index (χ0v) is 26.0. The van der Waals surface area contributed by atoms with Crippen molar-refractivity contribution in [1.82, 2.24) is 24.8 Å². The molecular formula is C33H37F3N6O2S. The molecule has 45 heavy (non-hydrogen) atoms. The first-order chi connectivity index (χ1) is 21.6. The van der Waals surface area contributed by atoms with E-state index in [2.05, 4.69) is 38.4 Å². The van der Waals surface area contributed by atoms with Gasteiger partial charge in [0.25, 0.3) is 5.56 Å². The van der Waals surface area contributed by atoms with Gasteiger partial charge in [0.2, 0.25) is 5.95 Å². The second-order valence-corrected chi connectivity index (χ2v) is 13.7. The third kappa shape index (κ3) is 7.57. The average molecular weight is 639 g/mol. The quantitative estimate of drug-likeness (QED) is 0.228. The fourth-order valence-electron chi connectivity index (χ4n) is 5.87. The number of benzene rings is 2. The molecule has 4 heterocycles. The molecule has 2 N–H and O–H groups in total. The molecule has 2 saturated heterocycles. The van der Waals surface area contributed by atoms with Crippen LogP contribution in [0.2, 0.25) is 0 Å². The normalized spacial score (nSPS) is 17.8. The third-order valence-corrected chi connectivity index (χ3v) is 10.6. The highest BCUT2D eigenvalue weighted by Gasteiger charge is 2.30. The zero-order valence-electron chi connectivity index (χ0n) is 25.1. The fraction of sp³-hybridized carbons (Fsp3) is 0.394. The van der Waals surface area contributed by atoms with Crippen LogP contribution in [0.5, 0.6) is 5.75 Å². The minimum atomic E-state index is -4.63. The van der Waals surface area contributed by atoms with E-state index in [1.807, 2.05) is 24.3 Å². The number of piperidine rings is 2. The van der Waals surface area contributed by atoms with E-state index in [-0.39, 0.29) is 33.7 Å². The SMILES string of the molecule is C=S(c1ccc(-c2cc3cnc(Nc4ccc(OC5CCNCC5)cc4)nc3n(CC(F)(F)F)c2=O)cc1)C1CCN(C)CC1. The van der Waals surface area contributed by atoms with Crippen LogP contribution in [0.25, 0.3) is 22.2 Å². The molecule has 12 heteroatoms. The molecule has 0 bridgehead atoms. The second-order valence-electron chi connectivity index (χ2n) is 11.7. The maximum absolute atomic E-state index is 13.7. The first-order valence-corrected chi connectivity index (χ1v) is 16.6. The van der Waals surface area contributed by atoms with E-state index < -0.39 is 18.3 Å². The van der Waals surface area contributed by atoms with Crippen molar-refractivity contribution in [3.63, 3.8) is 0 Å². The summed E-state index contributed by atoms with van der Waals surface area (Å²) in [4.78, 5) is 25.7. The van der Waals surface area contributed by atoms with E-state index in [1.54, 1.807) is 30.3 Å². The van der Waals surface area contributed by atoms with Gasteiger partial charge in [0.15, 0.2) is 0 Å². The summed E-state index contributed by atoms with van der Waals surface area (Å²) < 4.78 is 47.9. The van der Waals surface area contributed by atoms with Crippen LogP contribution >= 0.6 is 10.5 Å². The van der Waals surface area contributed by atoms with Gasteiger partial charge in [-0.1, -0.05) is 18.0 Å². The topological polar surface area (TPSA) is 84.3 Å². The fourth-order valence-corrected chi connectivity index (χ4v) is 7.53. The van der Waals surface area contributed by atoms with Crippen molar-refractivity contribution in [1.29, 1.82) is 0 Å². The molecule has 0 saturated carbocycles. The van der Waals surface area contributed by atoms with E-state index >= 15 is 0 Å². The molecule has 2 aromatic carbocycles. The van der Waals surface area contributed by atoms with Crippen LogP contribution in [-0.2, 0) is 6.54 Å². The Labute approximate surface area is 262 Å². The van der Waals surface area contributed by atoms with Gasteiger partial charge >= 0.3 is 6.18 Å². The molecule has 0 aliphatic carbocycles. The van der Waals surface area contributed by atoms with E-state index in [9.17, 15) is 18.0 Å². The molecule has 2 aromatic heterocycles. The largest absolute Gasteiger partial charge is 0.490 e. The van der Waals surface area contributed by atoms with Crippen LogP contribution < -0.4 is 20.9 Å². The lowest BCUT2D eigenvalue weighted by atomic mass is 10.1. The summed E-state index contributed by atoms with van der Waals surface area (Å²) in [5.74, 6) is 5.24. The highest BCUT2D eigenvalue weighted by Crippen LogP contribution is 2.36. The van der Waals surface area contributed by atoms with E-state index in [4.69, 9.17) is 4.74 Å². The number of aromatic nitrogens is 3. The molecule has 238 valence electrons. The molecule has 2 aliphatic heterocycles. The van der Waals surface area contributed by atoms with Crippen molar-refractivity contribution in [2.45, 2.75) is 54.7 Å². The number of halogens is 3. The smallest absolute Gasteiger partial charge is 0.406 e. The van der Waals surface area contributed by atoms with Gasteiger partial charge in [-0.15, -0.1) is 0 Å². The van der Waals surface area contributed by atoms with E-state index in [0.717, 1.165) is 62.5 Å². The first-order valence-electron chi connectivity index (χ1n) is 15.2. The number of nitrogens with one attached hydrogen (secondary N) is 2. The van der Waals surface area contributed by atoms with Crippen molar-refractivity contribution in [2.24, 2.45) is 0 Å². The van der Waals surface area contributed by atoms with Crippen LogP contribution in [0.1, 0.15) is 25.7 Å². The van der Waals surface area contributed by atoms with E-state index in [1.165, 1.54) is 6.20 Å². The summed E-state index contributed by atoms with van der Waals surface area (Å²) in [7, 11) is 1.91. The molecule has 0 amide bonds. The number of hydrogen-bond donors (Lipinski definition) is 2. The lowest BCUT2D eigenvalue weighted by molar-refractivity contribution is -0.140. The van der Waals surface area contributed by atoms with E-state index in [0.29, 0.717) is 26.5 Å². The van der Waals surface area contributed by atoms with Gasteiger partial charge in [0, 0.05) is 33.0 Å². The number of nitrogens with zero attached hydrogens (tertiary/aromatic N) is 4. The number of pyridine rings is 1. The van der Waals surface area contributed by atoms with Crippen molar-refractivity contribution in [2.75, 3.05) is 38.5 Å². The molecule has 2 fully saturated rings. The predicted molar refractivity (Wildman–Crippen MR) is 175 cm³/mol. The van der Waals surface area contributed by atoms with Crippen molar-refractivity contribution in [3.8, 4) is 16.9 Å². The maximum Gasteiger partial charge on any atom is 0.406 e. The molecule has 0 spiro atoms. The molecule has 1 unspecified atom stereocenters. The van der Waals surface area contributed by atoms with Gasteiger partial charge < -0.3 is 20.3 Å². The van der Waals surface area contributed by atoms with Crippen molar-refractivity contribution >= 4 is 39.0 Å². The van der Waals surface area contributed by atoms with Gasteiger partial charge in [-0.3, -0.25) is 9.36 Å². The number of ether oxygens (including phenoxy) is 1. The highest BCUT2D eigenvalue weighted by molar-refractivity contribution is 8.14. The summed E-state index contributed by atoms with van der Waals surface area (Å²) in [6, 6.07) is 16.3. The first kappa shape index (κ1) is 31.3. The number of hydrogen-bond acceptors (Lipinski definition) is 7. The van der Waals surface area contributed by atoms with Gasteiger partial charge in [-0.05, 0) is 107 Å². The molecule has 0 radical (unpaired) electrons. The predicted octanol–water partition coefficient (Wildman–Crippen LogP) is 6.05. The number of alkyl halides is 3. The number of anilines is 2. The second kappa shape index (κ2) is 13.3. The Kier molecular flexibility index (Phi) is 9.25. The monoisotopic (exact) mass is 638 g/mol. The van der Waals surface area contributed by atoms with Crippen molar-refractivity contribution < 1.29 is 17.9 Å². The Balaban J connectivity index is 1.25. The number of likely N-dealkylation sites (tertiary alicyclic amines) is 1. The molecule has 2 aliphatic rings. The van der Waals surface area contributed by atoms with Crippen molar-refractivity contribution in [3.05, 3.63) is 71.1 Å². The summed E-state index contributed by atoms with van der Waals surface area (Å²) >= 11 is 0. The Morgan fingerprint density at radius 2 is 1.73 bits per heavy atom. The Morgan fingerprint density at radius 1 is 1.04 bits per heavy atom. The summed E-state index contributed by atoms with van der Waals surface area (Å²) in [5.41, 5.74) is 0.479. The van der Waals surface area contributed by atoms with Crippen LogP contribution in [0, 0.1) is 0 Å². The van der Waals surface area contributed by atoms with Crippen LogP contribution in [0.4, 0.5) is 24.8 Å². The average Bonchev–Trinajstić information content (AvgIpc) is 3.03. The zero-order chi connectivity index (χ0) is 31.6. The Hall–Kier alpha value is -3.74. The molecule has 6 rings (SSSR count). The Morgan fingerprint density at radius 3 is 2.40 bits per heavy atom. The Bertz CT molecular complexity index is 1710. The van der Waals surface area contributed by atoms with Crippen LogP contribution in [-0.4, -0.2) is 76.1 Å². The molecule has 1 atom stereocenters. The van der Waals surface area contributed by atoms with Gasteiger partial charge in [0.05, 0.1) is 0 Å². The third-order valence-electron chi connectivity index (χ3n) is 8.40. The summed E-state index contributed by atoms with van der Waals surface area (Å²) in [6.07, 6.45) is 1.00. The van der Waals surface area contributed by atoms with Gasteiger partial charge in [-0.2, -0.15) is 28.6 Å². The summed E-state index contributed by atoms with van der Waals surface area (Å²) in [5, 5.41) is 7.16. The van der Waals surface area contributed by atoms with Gasteiger partial charge in [0.1, 0.15) is 24.0 Å². The lowest BCUT2D eigenvalue weighted by Crippen LogP contribution is -2.34. The highest BCUT2D eigenvalue weighted by atomic mass is 32.2. The molecular weight excluding hydrogens is 601 g/mol. The number of rotatable bonds is 8. The molecule has 4 aromatic rings. The van der Waals surface area contributed by atoms with Crippen LogP contribution in [0.15, 0.2) is 70.5 Å². The molecule has 8 nitrogen and oxygen atoms in total. The maximum atomic E-state index is 13.7. The lowest BCUT2D eigenvalue weighted by Gasteiger charge is -2.31. The van der Waals surface area contributed by atoms with Crippen LogP contribution in [0.3, 0.4) is 0 Å². The van der Waals surface area contributed by atoms with Gasteiger partial charge in [-0.25, -0.2) is 4.98 Å². The minimum Gasteiger partial charge on any atom is -0.490 e. The standard InChI is InChI=1S/C33H37F3N6O2S/c1-41-17-13-28(14-18-41)45(2)27-9-3-22(4-10-27)29-19-23-20-38-32(40-30(23)42(31(29)43)21-33(34,35)36)39-24-5-7-25(8-6-24)44-26-11-15-37-16-12-26/h3-10,19-20,26,28,37H,2,11-18,21H2,1H3,(H,38,39,40). The summed E-state index contributed by atoms with van der Waals surface area (Å²) in [6.45, 7) is 2.46.